The molecule has 19 heavy (non-hydrogen) atoms. The van der Waals surface area contributed by atoms with Crippen molar-refractivity contribution >= 4 is 9.84 Å². The Labute approximate surface area is 117 Å². The van der Waals surface area contributed by atoms with E-state index in [4.69, 9.17) is 0 Å². The van der Waals surface area contributed by atoms with Crippen molar-refractivity contribution in [2.24, 2.45) is 5.92 Å². The first-order valence-corrected chi connectivity index (χ1v) is 8.86. The number of hydrogen-bond donors (Lipinski definition) is 2. The fourth-order valence-corrected chi connectivity index (χ4v) is 3.65. The van der Waals surface area contributed by atoms with Crippen LogP contribution in [0, 0.1) is 5.92 Å². The zero-order valence-electron chi connectivity index (χ0n) is 12.7. The van der Waals surface area contributed by atoms with Crippen molar-refractivity contribution in [2.45, 2.75) is 63.7 Å². The summed E-state index contributed by atoms with van der Waals surface area (Å²) >= 11 is 0. The molecule has 0 heterocycles. The maximum Gasteiger partial charge on any atom is 0.156 e. The molecule has 0 aromatic heterocycles. The Hall–Kier alpha value is -0.130. The smallest absolute Gasteiger partial charge is 0.156 e. The van der Waals surface area contributed by atoms with E-state index >= 15 is 0 Å². The molecule has 5 heteroatoms. The summed E-state index contributed by atoms with van der Waals surface area (Å²) in [6.07, 6.45) is 3.86. The summed E-state index contributed by atoms with van der Waals surface area (Å²) in [5, 5.41) is 13.5. The molecule has 1 fully saturated rings. The van der Waals surface area contributed by atoms with Crippen molar-refractivity contribution in [3.05, 3.63) is 0 Å². The van der Waals surface area contributed by atoms with E-state index in [1.807, 2.05) is 0 Å². The van der Waals surface area contributed by atoms with Gasteiger partial charge in [0, 0.05) is 13.1 Å². The van der Waals surface area contributed by atoms with Gasteiger partial charge >= 0.3 is 0 Å². The number of aliphatic hydroxyl groups is 1. The van der Waals surface area contributed by atoms with Crippen LogP contribution >= 0.6 is 0 Å². The Morgan fingerprint density at radius 3 is 2.53 bits per heavy atom. The summed E-state index contributed by atoms with van der Waals surface area (Å²) in [4.78, 5) is 0. The van der Waals surface area contributed by atoms with Gasteiger partial charge in [-0.1, -0.05) is 19.8 Å². The van der Waals surface area contributed by atoms with Crippen molar-refractivity contribution in [2.75, 3.05) is 18.8 Å². The van der Waals surface area contributed by atoms with E-state index < -0.39 is 20.2 Å². The second-order valence-corrected chi connectivity index (χ2v) is 9.90. The second kappa shape index (κ2) is 6.10. The monoisotopic (exact) mass is 291 g/mol. The molecule has 0 aliphatic heterocycles. The highest BCUT2D eigenvalue weighted by molar-refractivity contribution is 7.92. The van der Waals surface area contributed by atoms with Gasteiger partial charge in [-0.05, 0) is 39.5 Å². The molecule has 0 radical (unpaired) electrons. The lowest BCUT2D eigenvalue weighted by atomic mass is 9.79. The normalized spacial score (nSPS) is 29.4. The van der Waals surface area contributed by atoms with E-state index in [0.717, 1.165) is 19.3 Å². The van der Waals surface area contributed by atoms with Gasteiger partial charge in [0.2, 0.25) is 0 Å². The van der Waals surface area contributed by atoms with E-state index in [1.54, 1.807) is 20.8 Å². The third-order valence-electron chi connectivity index (χ3n) is 4.00. The molecule has 0 saturated heterocycles. The predicted molar refractivity (Wildman–Crippen MR) is 79.0 cm³/mol. The van der Waals surface area contributed by atoms with Crippen LogP contribution in [-0.4, -0.2) is 42.7 Å². The molecule has 2 N–H and O–H groups in total. The van der Waals surface area contributed by atoms with Crippen molar-refractivity contribution in [3.8, 4) is 0 Å². The lowest BCUT2D eigenvalue weighted by Crippen LogP contribution is -2.45. The van der Waals surface area contributed by atoms with Gasteiger partial charge in [0.1, 0.15) is 0 Å². The largest absolute Gasteiger partial charge is 0.389 e. The highest BCUT2D eigenvalue weighted by Crippen LogP contribution is 2.31. The average Bonchev–Trinajstić information content (AvgIpc) is 2.22. The second-order valence-electron chi connectivity index (χ2n) is 7.03. The molecule has 1 rings (SSSR count). The van der Waals surface area contributed by atoms with Gasteiger partial charge in [0.25, 0.3) is 0 Å². The molecule has 0 aromatic carbocycles. The Balaban J connectivity index is 2.35. The summed E-state index contributed by atoms with van der Waals surface area (Å²) in [6.45, 7) is 8.23. The molecule has 0 amide bonds. The molecule has 2 unspecified atom stereocenters. The lowest BCUT2D eigenvalue weighted by Gasteiger charge is -2.35. The minimum Gasteiger partial charge on any atom is -0.389 e. The first kappa shape index (κ1) is 16.9. The van der Waals surface area contributed by atoms with Gasteiger partial charge in [-0.15, -0.1) is 0 Å². The van der Waals surface area contributed by atoms with Crippen LogP contribution in [0.15, 0.2) is 0 Å². The maximum absolute atomic E-state index is 11.9. The molecule has 114 valence electrons. The molecule has 1 aliphatic carbocycles. The van der Waals surface area contributed by atoms with Crippen LogP contribution in [0.2, 0.25) is 0 Å². The van der Waals surface area contributed by atoms with Crippen molar-refractivity contribution in [3.63, 3.8) is 0 Å². The van der Waals surface area contributed by atoms with Crippen LogP contribution in [0.5, 0.6) is 0 Å². The summed E-state index contributed by atoms with van der Waals surface area (Å²) in [7, 11) is -3.08. The first-order valence-electron chi connectivity index (χ1n) is 7.21. The Morgan fingerprint density at radius 1 is 1.37 bits per heavy atom. The summed E-state index contributed by atoms with van der Waals surface area (Å²) in [5.41, 5.74) is -0.650. The van der Waals surface area contributed by atoms with E-state index in [-0.39, 0.29) is 5.75 Å². The van der Waals surface area contributed by atoms with Gasteiger partial charge in [0.05, 0.1) is 16.1 Å². The summed E-state index contributed by atoms with van der Waals surface area (Å²) in [5.74, 6) is 0.682. The number of nitrogens with one attached hydrogen (secondary N) is 1. The molecule has 0 aromatic rings. The van der Waals surface area contributed by atoms with Crippen molar-refractivity contribution in [1.82, 2.24) is 5.32 Å². The fraction of sp³-hybridized carbons (Fsp3) is 1.00. The minimum atomic E-state index is -3.08. The van der Waals surface area contributed by atoms with Crippen molar-refractivity contribution in [1.29, 1.82) is 0 Å². The molecular weight excluding hydrogens is 262 g/mol. The molecular formula is C14H29NO3S. The van der Waals surface area contributed by atoms with Gasteiger partial charge in [-0.2, -0.15) is 0 Å². The third-order valence-corrected chi connectivity index (χ3v) is 6.61. The van der Waals surface area contributed by atoms with Crippen LogP contribution in [0.25, 0.3) is 0 Å². The molecule has 2 atom stereocenters. The van der Waals surface area contributed by atoms with E-state index in [1.165, 1.54) is 6.42 Å². The molecule has 0 bridgehead atoms. The first-order chi connectivity index (χ1) is 8.56. The van der Waals surface area contributed by atoms with Gasteiger partial charge in [0.15, 0.2) is 9.84 Å². The standard InChI is InChI=1S/C14H29NO3S/c1-12-6-5-7-14(16,10-12)11-15-8-9-19(17,18)13(2,3)4/h12,15-16H,5-11H2,1-4H3. The van der Waals surface area contributed by atoms with Crippen LogP contribution in [-0.2, 0) is 9.84 Å². The molecule has 1 saturated carbocycles. The molecule has 1 aliphatic rings. The number of hydrogen-bond acceptors (Lipinski definition) is 4. The lowest BCUT2D eigenvalue weighted by molar-refractivity contribution is -0.0112. The number of rotatable bonds is 5. The van der Waals surface area contributed by atoms with Gasteiger partial charge in [-0.3, -0.25) is 0 Å². The zero-order chi connectivity index (χ0) is 14.7. The fourth-order valence-electron chi connectivity index (χ4n) is 2.63. The molecule has 4 nitrogen and oxygen atoms in total. The topological polar surface area (TPSA) is 66.4 Å². The Morgan fingerprint density at radius 2 is 2.00 bits per heavy atom. The van der Waals surface area contributed by atoms with E-state index in [9.17, 15) is 13.5 Å². The van der Waals surface area contributed by atoms with Crippen LogP contribution in [0.4, 0.5) is 0 Å². The van der Waals surface area contributed by atoms with Crippen molar-refractivity contribution < 1.29 is 13.5 Å². The minimum absolute atomic E-state index is 0.127. The van der Waals surface area contributed by atoms with E-state index in [0.29, 0.717) is 19.0 Å². The predicted octanol–water partition coefficient (Wildman–Crippen LogP) is 1.73. The quantitative estimate of drug-likeness (QED) is 0.757. The number of sulfone groups is 1. The highest BCUT2D eigenvalue weighted by atomic mass is 32.2. The SMILES string of the molecule is CC1CCCC(O)(CNCCS(=O)(=O)C(C)(C)C)C1. The van der Waals surface area contributed by atoms with Gasteiger partial charge < -0.3 is 10.4 Å². The van der Waals surface area contributed by atoms with Crippen LogP contribution in [0.3, 0.4) is 0 Å². The Bertz CT molecular complexity index is 386. The highest BCUT2D eigenvalue weighted by Gasteiger charge is 2.33. The third kappa shape index (κ3) is 5.04. The summed E-state index contributed by atoms with van der Waals surface area (Å²) in [6, 6.07) is 0. The summed E-state index contributed by atoms with van der Waals surface area (Å²) < 4.78 is 23.2. The maximum atomic E-state index is 11.9. The van der Waals surface area contributed by atoms with Crippen LogP contribution < -0.4 is 5.32 Å². The van der Waals surface area contributed by atoms with E-state index in [2.05, 4.69) is 12.2 Å². The van der Waals surface area contributed by atoms with Crippen LogP contribution in [0.1, 0.15) is 53.4 Å². The zero-order valence-corrected chi connectivity index (χ0v) is 13.5. The van der Waals surface area contributed by atoms with Gasteiger partial charge in [-0.25, -0.2) is 8.42 Å². The Kier molecular flexibility index (Phi) is 5.43. The average molecular weight is 291 g/mol. The molecule has 0 spiro atoms.